The van der Waals surface area contributed by atoms with Gasteiger partial charge in [0.2, 0.25) is 11.8 Å². The molecule has 1 saturated heterocycles. The van der Waals surface area contributed by atoms with Crippen molar-refractivity contribution in [1.82, 2.24) is 14.8 Å². The molecule has 0 radical (unpaired) electrons. The van der Waals surface area contributed by atoms with Gasteiger partial charge in [-0.15, -0.1) is 0 Å². The summed E-state index contributed by atoms with van der Waals surface area (Å²) >= 11 is 0. The van der Waals surface area contributed by atoms with Gasteiger partial charge in [0.15, 0.2) is 0 Å². The lowest BCUT2D eigenvalue weighted by molar-refractivity contribution is -0.130. The summed E-state index contributed by atoms with van der Waals surface area (Å²) < 4.78 is 15.2. The van der Waals surface area contributed by atoms with Crippen molar-refractivity contribution >= 4 is 22.7 Å². The van der Waals surface area contributed by atoms with E-state index in [2.05, 4.69) is 5.32 Å². The maximum absolute atomic E-state index is 13.5. The maximum atomic E-state index is 13.5. The van der Waals surface area contributed by atoms with E-state index in [4.69, 9.17) is 5.11 Å². The largest absolute Gasteiger partial charge is 0.396 e. The number of hydrogen-bond donors (Lipinski definition) is 2. The minimum Gasteiger partial charge on any atom is -0.396 e. The van der Waals surface area contributed by atoms with Crippen LogP contribution in [0.2, 0.25) is 0 Å². The Morgan fingerprint density at radius 1 is 1.38 bits per heavy atom. The first kappa shape index (κ1) is 18.4. The van der Waals surface area contributed by atoms with Gasteiger partial charge in [0.05, 0.1) is 18.0 Å². The second-order valence-electron chi connectivity index (χ2n) is 6.97. The molecule has 1 fully saturated rings. The van der Waals surface area contributed by atoms with Crippen molar-refractivity contribution in [3.05, 3.63) is 36.3 Å². The Bertz CT molecular complexity index is 804. The Kier molecular flexibility index (Phi) is 5.56. The molecule has 2 aromatic rings. The highest BCUT2D eigenvalue weighted by atomic mass is 19.1. The van der Waals surface area contributed by atoms with Crippen molar-refractivity contribution in [3.63, 3.8) is 0 Å². The third-order valence-electron chi connectivity index (χ3n) is 4.97. The average molecular weight is 361 g/mol. The van der Waals surface area contributed by atoms with Crippen LogP contribution in [0, 0.1) is 17.7 Å². The van der Waals surface area contributed by atoms with E-state index in [1.165, 1.54) is 12.1 Å². The number of carbonyl (C=O) groups is 2. The molecule has 0 aliphatic carbocycles. The van der Waals surface area contributed by atoms with Crippen LogP contribution in [-0.2, 0) is 16.1 Å². The second-order valence-corrected chi connectivity index (χ2v) is 6.97. The summed E-state index contributed by atoms with van der Waals surface area (Å²) in [7, 11) is 0. The summed E-state index contributed by atoms with van der Waals surface area (Å²) in [6.07, 6.45) is 2.63. The average Bonchev–Trinajstić information content (AvgIpc) is 3.26. The highest BCUT2D eigenvalue weighted by molar-refractivity contribution is 5.83. The lowest BCUT2D eigenvalue weighted by atomic mass is 10.1. The number of aliphatic hydroxyl groups excluding tert-OH is 1. The Morgan fingerprint density at radius 2 is 2.19 bits per heavy atom. The van der Waals surface area contributed by atoms with Crippen LogP contribution in [0.25, 0.3) is 10.9 Å². The Morgan fingerprint density at radius 3 is 2.96 bits per heavy atom. The van der Waals surface area contributed by atoms with Gasteiger partial charge in [-0.25, -0.2) is 4.39 Å². The fourth-order valence-corrected chi connectivity index (χ4v) is 3.27. The van der Waals surface area contributed by atoms with Crippen LogP contribution in [0.1, 0.15) is 13.3 Å². The summed E-state index contributed by atoms with van der Waals surface area (Å²) in [5.41, 5.74) is 0.708. The minimum absolute atomic E-state index is 0.00989. The van der Waals surface area contributed by atoms with Crippen LogP contribution in [0.3, 0.4) is 0 Å². The van der Waals surface area contributed by atoms with Crippen LogP contribution < -0.4 is 5.32 Å². The van der Waals surface area contributed by atoms with Crippen molar-refractivity contribution in [2.24, 2.45) is 11.8 Å². The van der Waals surface area contributed by atoms with E-state index >= 15 is 0 Å². The van der Waals surface area contributed by atoms with Gasteiger partial charge in [-0.2, -0.15) is 0 Å². The molecule has 6 nitrogen and oxygen atoms in total. The molecule has 7 heteroatoms. The van der Waals surface area contributed by atoms with Crippen molar-refractivity contribution < 1.29 is 19.1 Å². The summed E-state index contributed by atoms with van der Waals surface area (Å²) in [5, 5.41) is 12.7. The van der Waals surface area contributed by atoms with Crippen molar-refractivity contribution in [1.29, 1.82) is 0 Å². The number of hydrogen-bond acceptors (Lipinski definition) is 3. The third-order valence-corrected chi connectivity index (χ3v) is 4.97. The van der Waals surface area contributed by atoms with E-state index in [-0.39, 0.29) is 36.7 Å². The predicted octanol–water partition coefficient (Wildman–Crippen LogP) is 1.37. The number of rotatable bonds is 6. The molecule has 140 valence electrons. The normalized spacial score (nSPS) is 18.3. The monoisotopic (exact) mass is 361 g/mol. The van der Waals surface area contributed by atoms with Crippen LogP contribution in [0.5, 0.6) is 0 Å². The number of likely N-dealkylation sites (tertiary alicyclic amines) is 1. The smallest absolute Gasteiger partial charge is 0.242 e. The summed E-state index contributed by atoms with van der Waals surface area (Å²) in [6, 6.07) is 6.42. The molecule has 1 aliphatic rings. The summed E-state index contributed by atoms with van der Waals surface area (Å²) in [6.45, 7) is 3.43. The maximum Gasteiger partial charge on any atom is 0.242 e. The van der Waals surface area contributed by atoms with Gasteiger partial charge in [0.1, 0.15) is 12.4 Å². The standard InChI is InChI=1S/C19H24FN3O3/c1-13(12-24)19(26)21-9-14-4-6-23(10-14)18(25)11-22-7-5-15-2-3-16(20)8-17(15)22/h2-3,5,7-8,13-14,24H,4,6,9-12H2,1H3,(H,21,26). The molecule has 26 heavy (non-hydrogen) atoms. The highest BCUT2D eigenvalue weighted by Gasteiger charge is 2.27. The minimum atomic E-state index is -0.420. The first-order valence-electron chi connectivity index (χ1n) is 8.88. The van der Waals surface area contributed by atoms with Crippen molar-refractivity contribution in [2.75, 3.05) is 26.2 Å². The molecule has 2 atom stereocenters. The number of nitrogens with zero attached hydrogens (tertiary/aromatic N) is 2. The quantitative estimate of drug-likeness (QED) is 0.816. The lowest BCUT2D eigenvalue weighted by Crippen LogP contribution is -2.36. The highest BCUT2D eigenvalue weighted by Crippen LogP contribution is 2.19. The Balaban J connectivity index is 1.54. The molecular weight excluding hydrogens is 337 g/mol. The molecule has 1 aromatic heterocycles. The van der Waals surface area contributed by atoms with E-state index in [1.807, 2.05) is 6.07 Å². The lowest BCUT2D eigenvalue weighted by Gasteiger charge is -2.18. The van der Waals surface area contributed by atoms with E-state index in [1.54, 1.807) is 28.7 Å². The number of aliphatic hydroxyl groups is 1. The molecule has 2 N–H and O–H groups in total. The zero-order valence-corrected chi connectivity index (χ0v) is 14.8. The summed E-state index contributed by atoms with van der Waals surface area (Å²) in [4.78, 5) is 26.1. The SMILES string of the molecule is CC(CO)C(=O)NCC1CCN(C(=O)Cn2ccc3ccc(F)cc32)C1. The molecule has 2 unspecified atom stereocenters. The van der Waals surface area contributed by atoms with E-state index in [9.17, 15) is 14.0 Å². The topological polar surface area (TPSA) is 74.6 Å². The number of halogens is 1. The van der Waals surface area contributed by atoms with Gasteiger partial charge < -0.3 is 19.9 Å². The Labute approximate surface area is 151 Å². The fraction of sp³-hybridized carbons (Fsp3) is 0.474. The first-order chi connectivity index (χ1) is 12.5. The summed E-state index contributed by atoms with van der Waals surface area (Å²) in [5.74, 6) is -0.703. The number of benzene rings is 1. The van der Waals surface area contributed by atoms with Gasteiger partial charge in [-0.3, -0.25) is 9.59 Å². The second kappa shape index (κ2) is 7.86. The number of aromatic nitrogens is 1. The molecule has 0 spiro atoms. The van der Waals surface area contributed by atoms with Gasteiger partial charge in [-0.1, -0.05) is 6.92 Å². The number of nitrogens with one attached hydrogen (secondary N) is 1. The van der Waals surface area contributed by atoms with Gasteiger partial charge >= 0.3 is 0 Å². The molecular formula is C19H24FN3O3. The van der Waals surface area contributed by atoms with Gasteiger partial charge in [-0.05, 0) is 42.0 Å². The molecule has 3 rings (SSSR count). The molecule has 1 aliphatic heterocycles. The van der Waals surface area contributed by atoms with Crippen LogP contribution in [0.4, 0.5) is 4.39 Å². The predicted molar refractivity (Wildman–Crippen MR) is 95.8 cm³/mol. The van der Waals surface area contributed by atoms with E-state index < -0.39 is 5.92 Å². The fourth-order valence-electron chi connectivity index (χ4n) is 3.27. The molecule has 0 saturated carbocycles. The van der Waals surface area contributed by atoms with Gasteiger partial charge in [0, 0.05) is 25.8 Å². The van der Waals surface area contributed by atoms with E-state index in [0.29, 0.717) is 25.2 Å². The number of amides is 2. The van der Waals surface area contributed by atoms with Crippen LogP contribution >= 0.6 is 0 Å². The zero-order valence-electron chi connectivity index (χ0n) is 14.8. The molecule has 2 amide bonds. The molecule has 1 aromatic carbocycles. The molecule has 2 heterocycles. The van der Waals surface area contributed by atoms with Crippen molar-refractivity contribution in [2.45, 2.75) is 19.9 Å². The van der Waals surface area contributed by atoms with E-state index in [0.717, 1.165) is 11.8 Å². The van der Waals surface area contributed by atoms with Crippen LogP contribution in [0.15, 0.2) is 30.5 Å². The van der Waals surface area contributed by atoms with Gasteiger partial charge in [0.25, 0.3) is 0 Å². The molecule has 0 bridgehead atoms. The van der Waals surface area contributed by atoms with Crippen molar-refractivity contribution in [3.8, 4) is 0 Å². The third kappa shape index (κ3) is 4.04. The van der Waals surface area contributed by atoms with Crippen LogP contribution in [-0.4, -0.2) is 52.6 Å². The Hall–Kier alpha value is -2.41. The number of carbonyl (C=O) groups excluding carboxylic acids is 2. The number of fused-ring (bicyclic) bond motifs is 1. The first-order valence-corrected chi connectivity index (χ1v) is 8.88. The zero-order chi connectivity index (χ0) is 18.7.